The first-order valence-electron chi connectivity index (χ1n) is 9.47. The van der Waals surface area contributed by atoms with Gasteiger partial charge in [0.1, 0.15) is 5.75 Å². The molecule has 2 aromatic carbocycles. The Bertz CT molecular complexity index is 1040. The van der Waals surface area contributed by atoms with Crippen molar-refractivity contribution >= 4 is 28.4 Å². The lowest BCUT2D eigenvalue weighted by molar-refractivity contribution is -0.674. The first-order valence-corrected chi connectivity index (χ1v) is 9.47. The number of rotatable bonds is 6. The van der Waals surface area contributed by atoms with Crippen LogP contribution in [0.5, 0.6) is 5.75 Å². The van der Waals surface area contributed by atoms with E-state index in [0.29, 0.717) is 11.4 Å². The zero-order valence-electron chi connectivity index (χ0n) is 16.1. The number of nitrogens with one attached hydrogen (secondary N) is 1. The van der Waals surface area contributed by atoms with Gasteiger partial charge in [-0.1, -0.05) is 17.7 Å². The van der Waals surface area contributed by atoms with Crippen LogP contribution in [-0.2, 0) is 16.0 Å². The number of nitrogens with zero attached hydrogens (tertiary/aromatic N) is 1. The summed E-state index contributed by atoms with van der Waals surface area (Å²) in [4.78, 5) is 29.8. The predicted molar refractivity (Wildman–Crippen MR) is 107 cm³/mol. The lowest BCUT2D eigenvalue weighted by Gasteiger charge is -2.15. The van der Waals surface area contributed by atoms with Crippen LogP contribution in [0, 0.1) is 6.92 Å². The molecule has 1 saturated heterocycles. The van der Waals surface area contributed by atoms with Crippen LogP contribution in [0.3, 0.4) is 0 Å². The highest BCUT2D eigenvalue weighted by molar-refractivity contribution is 6.21. The van der Waals surface area contributed by atoms with E-state index in [1.165, 1.54) is 21.4 Å². The number of aryl methyl sites for hydroxylation is 1. The molecule has 0 spiro atoms. The predicted octanol–water partition coefficient (Wildman–Crippen LogP) is 1.92. The summed E-state index contributed by atoms with van der Waals surface area (Å²) >= 11 is 0. The van der Waals surface area contributed by atoms with E-state index < -0.39 is 0 Å². The average Bonchev–Trinajstić information content (AvgIpc) is 3.22. The molecule has 0 saturated carbocycles. The summed E-state index contributed by atoms with van der Waals surface area (Å²) < 4.78 is 5.20. The minimum atomic E-state index is -0.370. The van der Waals surface area contributed by atoms with Crippen molar-refractivity contribution in [2.24, 2.45) is 0 Å². The fourth-order valence-corrected chi connectivity index (χ4v) is 3.80. The van der Waals surface area contributed by atoms with E-state index in [2.05, 4.69) is 30.1 Å². The SMILES string of the molecule is COc1cccc(N2C(=O)C[C@H]([NH2+]CCc3c[nH]c4ccc(C)cc34)C2=O)c1. The Balaban J connectivity index is 1.42. The number of nitrogens with two attached hydrogens (primary N) is 1. The van der Waals surface area contributed by atoms with Gasteiger partial charge in [-0.25, -0.2) is 4.90 Å². The Hall–Kier alpha value is -3.12. The van der Waals surface area contributed by atoms with Gasteiger partial charge in [0.15, 0.2) is 6.04 Å². The Labute approximate surface area is 163 Å². The number of fused-ring (bicyclic) bond motifs is 1. The summed E-state index contributed by atoms with van der Waals surface area (Å²) in [5.41, 5.74) is 4.15. The third-order valence-electron chi connectivity index (χ3n) is 5.28. The van der Waals surface area contributed by atoms with E-state index in [9.17, 15) is 9.59 Å². The highest BCUT2D eigenvalue weighted by Crippen LogP contribution is 2.25. The molecule has 0 bridgehead atoms. The number of imide groups is 1. The third-order valence-corrected chi connectivity index (χ3v) is 5.28. The van der Waals surface area contributed by atoms with Crippen molar-refractivity contribution in [3.8, 4) is 5.75 Å². The van der Waals surface area contributed by atoms with Crippen molar-refractivity contribution in [2.45, 2.75) is 25.8 Å². The molecule has 0 unspecified atom stereocenters. The lowest BCUT2D eigenvalue weighted by Crippen LogP contribution is -2.92. The van der Waals surface area contributed by atoms with E-state index in [1.807, 2.05) is 11.5 Å². The number of ether oxygens (including phenoxy) is 1. The van der Waals surface area contributed by atoms with E-state index in [-0.39, 0.29) is 24.3 Å². The topological polar surface area (TPSA) is 79.0 Å². The highest BCUT2D eigenvalue weighted by Gasteiger charge is 2.42. The standard InChI is InChI=1S/C22H23N3O3/c1-14-6-7-19-18(10-14)15(13-24-19)8-9-23-20-12-21(26)25(22(20)27)16-4-3-5-17(11-16)28-2/h3-7,10-11,13,20,23-24H,8-9,12H2,1-2H3/p+1/t20-/m0/s1. The number of hydrogen-bond donors (Lipinski definition) is 2. The number of methoxy groups -OCH3 is 1. The molecule has 1 aromatic heterocycles. The summed E-state index contributed by atoms with van der Waals surface area (Å²) in [6.07, 6.45) is 3.09. The molecule has 4 rings (SSSR count). The maximum Gasteiger partial charge on any atom is 0.292 e. The number of carbonyl (C=O) groups excluding carboxylic acids is 2. The molecule has 6 heteroatoms. The summed E-state index contributed by atoms with van der Waals surface area (Å²) in [5, 5.41) is 3.20. The molecule has 1 aliphatic heterocycles. The van der Waals surface area contributed by atoms with Crippen molar-refractivity contribution in [2.75, 3.05) is 18.6 Å². The number of aromatic amines is 1. The van der Waals surface area contributed by atoms with Crippen LogP contribution < -0.4 is 15.0 Å². The van der Waals surface area contributed by atoms with Gasteiger partial charge in [0, 0.05) is 29.6 Å². The Kier molecular flexibility index (Phi) is 4.88. The largest absolute Gasteiger partial charge is 0.497 e. The second-order valence-corrected chi connectivity index (χ2v) is 7.22. The van der Waals surface area contributed by atoms with Gasteiger partial charge in [0.25, 0.3) is 5.91 Å². The summed E-state index contributed by atoms with van der Waals surface area (Å²) in [6, 6.07) is 13.0. The Morgan fingerprint density at radius 2 is 2.07 bits per heavy atom. The van der Waals surface area contributed by atoms with Gasteiger partial charge in [-0.05, 0) is 36.8 Å². The molecule has 3 aromatic rings. The second-order valence-electron chi connectivity index (χ2n) is 7.22. The van der Waals surface area contributed by atoms with Crippen LogP contribution in [0.25, 0.3) is 10.9 Å². The average molecular weight is 378 g/mol. The third kappa shape index (κ3) is 3.39. The molecule has 6 nitrogen and oxygen atoms in total. The maximum absolute atomic E-state index is 12.8. The van der Waals surface area contributed by atoms with Gasteiger partial charge in [-0.2, -0.15) is 0 Å². The fourth-order valence-electron chi connectivity index (χ4n) is 3.80. The minimum absolute atomic E-state index is 0.159. The molecular formula is C22H24N3O3+. The zero-order chi connectivity index (χ0) is 19.7. The van der Waals surface area contributed by atoms with E-state index >= 15 is 0 Å². The number of hydrogen-bond acceptors (Lipinski definition) is 3. The molecule has 2 amide bonds. The van der Waals surface area contributed by atoms with Crippen molar-refractivity contribution in [3.63, 3.8) is 0 Å². The maximum atomic E-state index is 12.8. The molecular weight excluding hydrogens is 354 g/mol. The van der Waals surface area contributed by atoms with Gasteiger partial charge in [0.2, 0.25) is 5.91 Å². The normalized spacial score (nSPS) is 16.9. The van der Waals surface area contributed by atoms with Gasteiger partial charge in [0.05, 0.1) is 25.8 Å². The summed E-state index contributed by atoms with van der Waals surface area (Å²) in [7, 11) is 1.57. The quantitative estimate of drug-likeness (QED) is 0.643. The molecule has 1 atom stereocenters. The van der Waals surface area contributed by atoms with Crippen molar-refractivity contribution in [1.29, 1.82) is 0 Å². The van der Waals surface area contributed by atoms with E-state index in [0.717, 1.165) is 18.5 Å². The van der Waals surface area contributed by atoms with Crippen molar-refractivity contribution < 1.29 is 19.6 Å². The number of quaternary nitrogens is 1. The molecule has 1 fully saturated rings. The Morgan fingerprint density at radius 3 is 2.89 bits per heavy atom. The van der Waals surface area contributed by atoms with Crippen molar-refractivity contribution in [3.05, 3.63) is 59.8 Å². The number of anilines is 1. The number of amides is 2. The monoisotopic (exact) mass is 378 g/mol. The smallest absolute Gasteiger partial charge is 0.292 e. The van der Waals surface area contributed by atoms with Crippen LogP contribution in [-0.4, -0.2) is 36.5 Å². The van der Waals surface area contributed by atoms with Gasteiger partial charge >= 0.3 is 0 Å². The number of aromatic nitrogens is 1. The van der Waals surface area contributed by atoms with E-state index in [1.54, 1.807) is 31.4 Å². The lowest BCUT2D eigenvalue weighted by atomic mass is 10.1. The van der Waals surface area contributed by atoms with Gasteiger partial charge < -0.3 is 15.0 Å². The van der Waals surface area contributed by atoms with Crippen LogP contribution in [0.2, 0.25) is 0 Å². The van der Waals surface area contributed by atoms with Crippen LogP contribution in [0.4, 0.5) is 5.69 Å². The van der Waals surface area contributed by atoms with Crippen LogP contribution in [0.1, 0.15) is 17.5 Å². The fraction of sp³-hybridized carbons (Fsp3) is 0.273. The number of carbonyl (C=O) groups is 2. The van der Waals surface area contributed by atoms with Gasteiger partial charge in [-0.15, -0.1) is 0 Å². The molecule has 0 radical (unpaired) electrons. The molecule has 2 heterocycles. The molecule has 1 aliphatic rings. The molecule has 0 aliphatic carbocycles. The van der Waals surface area contributed by atoms with Gasteiger partial charge in [-0.3, -0.25) is 9.59 Å². The zero-order valence-corrected chi connectivity index (χ0v) is 16.1. The molecule has 28 heavy (non-hydrogen) atoms. The molecule has 144 valence electrons. The van der Waals surface area contributed by atoms with Crippen molar-refractivity contribution in [1.82, 2.24) is 4.98 Å². The second kappa shape index (κ2) is 7.48. The minimum Gasteiger partial charge on any atom is -0.497 e. The summed E-state index contributed by atoms with van der Waals surface area (Å²) in [6.45, 7) is 2.83. The first kappa shape index (κ1) is 18.3. The number of benzene rings is 2. The molecule has 3 N–H and O–H groups in total. The number of H-pyrrole nitrogens is 1. The van der Waals surface area contributed by atoms with E-state index in [4.69, 9.17) is 4.74 Å². The van der Waals surface area contributed by atoms with Crippen LogP contribution in [0.15, 0.2) is 48.7 Å². The van der Waals surface area contributed by atoms with Crippen LogP contribution >= 0.6 is 0 Å². The summed E-state index contributed by atoms with van der Waals surface area (Å²) in [5.74, 6) is 0.301. The Morgan fingerprint density at radius 1 is 1.21 bits per heavy atom. The first-order chi connectivity index (χ1) is 13.6. The highest BCUT2D eigenvalue weighted by atomic mass is 16.5.